The lowest BCUT2D eigenvalue weighted by molar-refractivity contribution is -0.0309. The maximum atomic E-state index is 11.1. The van der Waals surface area contributed by atoms with Gasteiger partial charge in [0.25, 0.3) is 0 Å². The SMILES string of the molecule is Cc1ncnc2c1ccn2[C@@H]1C[C@@]2(CO[C@@H](CCc3ccn4ccnc4c3)C2)[C@@H](O)[C@H]1O.Nc1ncnc2c1ccn2[C@@H]1C[C@@]2(CO[C@@H](c3cnc4c(c3)OCCN4)C2)[C@@H](O)[C@H]1O. The molecular formula is C45H51N11O7. The summed E-state index contributed by atoms with van der Waals surface area (Å²) in [4.78, 5) is 25.9. The van der Waals surface area contributed by atoms with Gasteiger partial charge in [-0.3, -0.25) is 0 Å². The van der Waals surface area contributed by atoms with Crippen molar-refractivity contribution in [3.63, 3.8) is 0 Å². The van der Waals surface area contributed by atoms with Gasteiger partial charge in [-0.1, -0.05) is 0 Å². The number of aliphatic hydroxyl groups is 4. The Hall–Kier alpha value is -5.76. The minimum atomic E-state index is -0.941. The van der Waals surface area contributed by atoms with E-state index in [0.717, 1.165) is 64.9 Å². The summed E-state index contributed by atoms with van der Waals surface area (Å²) >= 11 is 0. The molecule has 10 heterocycles. The van der Waals surface area contributed by atoms with Crippen molar-refractivity contribution in [2.24, 2.45) is 10.8 Å². The van der Waals surface area contributed by atoms with Crippen molar-refractivity contribution >= 4 is 39.3 Å². The van der Waals surface area contributed by atoms with Crippen molar-refractivity contribution in [3.05, 3.63) is 97.0 Å². The zero-order valence-electron chi connectivity index (χ0n) is 34.8. The molecule has 2 saturated heterocycles. The highest BCUT2D eigenvalue weighted by Gasteiger charge is 2.58. The van der Waals surface area contributed by atoms with Gasteiger partial charge in [0, 0.05) is 59.0 Å². The molecule has 63 heavy (non-hydrogen) atoms. The van der Waals surface area contributed by atoms with Gasteiger partial charge in [0.2, 0.25) is 0 Å². The summed E-state index contributed by atoms with van der Waals surface area (Å²) in [7, 11) is 0. The van der Waals surface area contributed by atoms with E-state index in [4.69, 9.17) is 19.9 Å². The summed E-state index contributed by atoms with van der Waals surface area (Å²) in [5.74, 6) is 1.85. The highest BCUT2D eigenvalue weighted by molar-refractivity contribution is 5.86. The number of aryl methyl sites for hydroxylation is 2. The Bertz CT molecular complexity index is 2810. The minimum absolute atomic E-state index is 0.0672. The molecule has 18 heteroatoms. The molecule has 10 atom stereocenters. The number of nitrogen functional groups attached to an aromatic ring is 1. The molecule has 4 fully saturated rings. The Labute approximate surface area is 361 Å². The number of hydrogen-bond acceptors (Lipinski definition) is 15. The molecule has 2 aliphatic carbocycles. The number of pyridine rings is 2. The molecule has 12 rings (SSSR count). The Morgan fingerprint density at radius 1 is 0.778 bits per heavy atom. The van der Waals surface area contributed by atoms with Gasteiger partial charge in [-0.2, -0.15) is 0 Å². The highest BCUT2D eigenvalue weighted by atomic mass is 16.5. The van der Waals surface area contributed by atoms with Gasteiger partial charge in [0.1, 0.15) is 54.2 Å². The second-order valence-corrected chi connectivity index (χ2v) is 18.1. The third-order valence-corrected chi connectivity index (χ3v) is 14.4. The Morgan fingerprint density at radius 3 is 2.29 bits per heavy atom. The Balaban J connectivity index is 0.000000141. The van der Waals surface area contributed by atoms with Gasteiger partial charge in [0.15, 0.2) is 11.6 Å². The second-order valence-electron chi connectivity index (χ2n) is 18.1. The molecule has 2 saturated carbocycles. The van der Waals surface area contributed by atoms with E-state index >= 15 is 0 Å². The van der Waals surface area contributed by atoms with Crippen LogP contribution < -0.4 is 15.8 Å². The third-order valence-electron chi connectivity index (χ3n) is 14.4. The number of ether oxygens (including phenoxy) is 3. The minimum Gasteiger partial charge on any atom is -0.488 e. The first-order chi connectivity index (χ1) is 30.6. The number of hydrogen-bond donors (Lipinski definition) is 6. The van der Waals surface area contributed by atoms with Gasteiger partial charge in [-0.05, 0) is 81.3 Å². The quantitative estimate of drug-likeness (QED) is 0.140. The van der Waals surface area contributed by atoms with Crippen molar-refractivity contribution < 1.29 is 34.6 Å². The van der Waals surface area contributed by atoms with Crippen LogP contribution in [0.15, 0.2) is 80.2 Å². The lowest BCUT2D eigenvalue weighted by Gasteiger charge is -2.26. The number of rotatable bonds is 6. The molecule has 0 aromatic carbocycles. The normalized spacial score (nSPS) is 31.2. The first-order valence-corrected chi connectivity index (χ1v) is 21.7. The Kier molecular flexibility index (Phi) is 9.85. The van der Waals surface area contributed by atoms with Crippen molar-refractivity contribution in [3.8, 4) is 5.75 Å². The predicted molar refractivity (Wildman–Crippen MR) is 230 cm³/mol. The number of fused-ring (bicyclic) bond motifs is 4. The highest BCUT2D eigenvalue weighted by Crippen LogP contribution is 2.55. The van der Waals surface area contributed by atoms with Crippen LogP contribution in [0.2, 0.25) is 0 Å². The van der Waals surface area contributed by atoms with E-state index < -0.39 is 35.2 Å². The first kappa shape index (κ1) is 40.0. The number of anilines is 2. The summed E-state index contributed by atoms with van der Waals surface area (Å²) in [6, 6.07) is 9.43. The molecule has 0 bridgehead atoms. The summed E-state index contributed by atoms with van der Waals surface area (Å²) in [6.45, 7) is 4.12. The fourth-order valence-electron chi connectivity index (χ4n) is 11.0. The van der Waals surface area contributed by atoms with Gasteiger partial charge in [0.05, 0.1) is 67.3 Å². The van der Waals surface area contributed by atoms with E-state index in [-0.39, 0.29) is 24.3 Å². The number of nitrogens with one attached hydrogen (secondary N) is 1. The average molecular weight is 858 g/mol. The van der Waals surface area contributed by atoms with Crippen LogP contribution >= 0.6 is 0 Å². The lowest BCUT2D eigenvalue weighted by Crippen LogP contribution is -2.37. The predicted octanol–water partition coefficient (Wildman–Crippen LogP) is 3.49. The van der Waals surface area contributed by atoms with Gasteiger partial charge in [-0.15, -0.1) is 0 Å². The summed E-state index contributed by atoms with van der Waals surface area (Å²) in [5.41, 5.74) is 10.4. The molecule has 0 amide bonds. The zero-order chi connectivity index (χ0) is 43.0. The molecule has 7 aromatic rings. The first-order valence-electron chi connectivity index (χ1n) is 21.7. The molecule has 18 nitrogen and oxygen atoms in total. The van der Waals surface area contributed by atoms with Gasteiger partial charge >= 0.3 is 0 Å². The van der Waals surface area contributed by atoms with E-state index in [1.807, 2.05) is 63.4 Å². The van der Waals surface area contributed by atoms with Crippen molar-refractivity contribution in [1.29, 1.82) is 0 Å². The largest absolute Gasteiger partial charge is 0.488 e. The monoisotopic (exact) mass is 857 g/mol. The molecular weight excluding hydrogens is 807 g/mol. The molecule has 2 spiro atoms. The van der Waals surface area contributed by atoms with Crippen LogP contribution in [0.1, 0.15) is 67.1 Å². The van der Waals surface area contributed by atoms with E-state index in [0.29, 0.717) is 56.3 Å². The van der Waals surface area contributed by atoms with Gasteiger partial charge < -0.3 is 59.2 Å². The number of nitrogens with two attached hydrogens (primary N) is 1. The fourth-order valence-corrected chi connectivity index (χ4v) is 11.0. The fraction of sp³-hybridized carbons (Fsp3) is 0.467. The van der Waals surface area contributed by atoms with Gasteiger partial charge in [-0.25, -0.2) is 29.9 Å². The van der Waals surface area contributed by atoms with Crippen LogP contribution in [0.5, 0.6) is 5.75 Å². The third kappa shape index (κ3) is 6.78. The van der Waals surface area contributed by atoms with E-state index in [1.165, 1.54) is 11.9 Å². The maximum absolute atomic E-state index is 11.1. The average Bonchev–Trinajstić information content (AvgIpc) is 4.18. The molecule has 0 radical (unpaired) electrons. The molecule has 0 unspecified atom stereocenters. The number of imidazole rings is 1. The van der Waals surface area contributed by atoms with E-state index in [2.05, 4.69) is 47.4 Å². The maximum Gasteiger partial charge on any atom is 0.168 e. The summed E-state index contributed by atoms with van der Waals surface area (Å²) in [5, 5.41) is 49.0. The molecule has 5 aliphatic rings. The van der Waals surface area contributed by atoms with Crippen LogP contribution in [0.25, 0.3) is 27.7 Å². The molecule has 3 aliphatic heterocycles. The summed E-state index contributed by atoms with van der Waals surface area (Å²) < 4.78 is 23.9. The van der Waals surface area contributed by atoms with Crippen molar-refractivity contribution in [2.75, 3.05) is 37.4 Å². The van der Waals surface area contributed by atoms with Crippen LogP contribution in [0, 0.1) is 17.8 Å². The van der Waals surface area contributed by atoms with E-state index in [9.17, 15) is 20.4 Å². The van der Waals surface area contributed by atoms with E-state index in [1.54, 1.807) is 18.7 Å². The standard InChI is InChI=1S/C24H27N5O3.C21H24N6O4/c1-15-18-5-8-29(23(18)27-14-26-15)19-12-24(22(31)21(19)30)11-17(32-13-24)3-2-16-4-7-28-9-6-25-20(28)10-16;22-18-12-1-3-27(20(12)26-10-25-18)13-6-21(17(29)16(13)28)7-15(31-9-21)11-5-14-19(24-8-11)23-2-4-30-14/h4-10,14,17,19,21-22,30-31H,2-3,11-13H2,1H3;1,3,5,8,10,13,15-17,28-29H,2,4,6-7,9H2,(H,23,24)(H2,22,25,26)/t17-,19+,21-,22-,24-;13-,15-,16+,17+,21-/m01/s1. The number of nitrogens with zero attached hydrogens (tertiary/aromatic N) is 9. The van der Waals surface area contributed by atoms with Crippen LogP contribution in [-0.2, 0) is 15.9 Å². The van der Waals surface area contributed by atoms with Crippen LogP contribution in [0.4, 0.5) is 11.6 Å². The summed E-state index contributed by atoms with van der Waals surface area (Å²) in [6.07, 6.45) is 15.0. The number of aromatic nitrogens is 9. The topological polar surface area (TPSA) is 238 Å². The molecule has 7 aromatic heterocycles. The lowest BCUT2D eigenvalue weighted by atomic mass is 9.80. The number of aliphatic hydroxyl groups excluding tert-OH is 4. The zero-order valence-corrected chi connectivity index (χ0v) is 34.8. The Morgan fingerprint density at radius 2 is 1.49 bits per heavy atom. The van der Waals surface area contributed by atoms with Crippen molar-refractivity contribution in [1.82, 2.24) is 43.4 Å². The van der Waals surface area contributed by atoms with Crippen LogP contribution in [0.3, 0.4) is 0 Å². The molecule has 7 N–H and O–H groups in total. The van der Waals surface area contributed by atoms with Crippen LogP contribution in [-0.4, -0.2) is 121 Å². The molecule has 328 valence electrons. The second kappa shape index (κ2) is 15.5. The smallest absolute Gasteiger partial charge is 0.168 e. The van der Waals surface area contributed by atoms with Crippen molar-refractivity contribution in [2.45, 2.75) is 94.2 Å².